The second kappa shape index (κ2) is 6.99. The van der Waals surface area contributed by atoms with E-state index in [0.29, 0.717) is 12.6 Å². The number of amides is 1. The lowest BCUT2D eigenvalue weighted by Gasteiger charge is -2.41. The molecule has 0 aliphatic carbocycles. The predicted molar refractivity (Wildman–Crippen MR) is 89.1 cm³/mol. The Labute approximate surface area is 137 Å². The van der Waals surface area contributed by atoms with E-state index in [0.717, 1.165) is 56.2 Å². The molecule has 3 rings (SSSR count). The van der Waals surface area contributed by atoms with Crippen LogP contribution in [-0.2, 0) is 11.3 Å². The highest BCUT2D eigenvalue weighted by molar-refractivity contribution is 6.31. The van der Waals surface area contributed by atoms with Crippen LogP contribution >= 0.6 is 11.6 Å². The first-order chi connectivity index (χ1) is 10.6. The number of benzene rings is 1. The fourth-order valence-electron chi connectivity index (χ4n) is 3.43. The molecule has 22 heavy (non-hydrogen) atoms. The minimum Gasteiger partial charge on any atom is -0.336 e. The number of hydrogen-bond donors (Lipinski definition) is 1. The van der Waals surface area contributed by atoms with Gasteiger partial charge in [0.1, 0.15) is 0 Å². The van der Waals surface area contributed by atoms with Gasteiger partial charge in [-0.1, -0.05) is 23.7 Å². The summed E-state index contributed by atoms with van der Waals surface area (Å²) < 4.78 is 0. The summed E-state index contributed by atoms with van der Waals surface area (Å²) in [6.45, 7) is 7.25. The lowest BCUT2D eigenvalue weighted by atomic mass is 10.0. The molecule has 4 nitrogen and oxygen atoms in total. The lowest BCUT2D eigenvalue weighted by molar-refractivity contribution is -0.135. The Kier molecular flexibility index (Phi) is 5.01. The van der Waals surface area contributed by atoms with Gasteiger partial charge in [0.25, 0.3) is 0 Å². The molecule has 2 aliphatic rings. The van der Waals surface area contributed by atoms with E-state index in [1.54, 1.807) is 0 Å². The smallest absolute Gasteiger partial charge is 0.236 e. The van der Waals surface area contributed by atoms with E-state index in [2.05, 4.69) is 33.3 Å². The highest BCUT2D eigenvalue weighted by Crippen LogP contribution is 2.21. The molecule has 1 aromatic carbocycles. The number of halogens is 1. The number of aryl methyl sites for hydroxylation is 1. The number of piperidine rings is 1. The van der Waals surface area contributed by atoms with Crippen molar-refractivity contribution in [1.82, 2.24) is 15.1 Å². The van der Waals surface area contributed by atoms with Crippen LogP contribution in [-0.4, -0.2) is 54.5 Å². The molecular weight excluding hydrogens is 298 g/mol. The van der Waals surface area contributed by atoms with Gasteiger partial charge in [0.15, 0.2) is 0 Å². The number of rotatable bonds is 3. The number of hydrogen-bond acceptors (Lipinski definition) is 3. The molecule has 0 saturated carbocycles. The monoisotopic (exact) mass is 321 g/mol. The summed E-state index contributed by atoms with van der Waals surface area (Å²) >= 11 is 6.22. The third-order valence-electron chi connectivity index (χ3n) is 4.69. The van der Waals surface area contributed by atoms with Crippen molar-refractivity contribution in [1.29, 1.82) is 0 Å². The first-order valence-electron chi connectivity index (χ1n) is 8.11. The van der Waals surface area contributed by atoms with Crippen LogP contribution in [0.15, 0.2) is 18.2 Å². The zero-order valence-corrected chi connectivity index (χ0v) is 13.9. The van der Waals surface area contributed by atoms with Crippen molar-refractivity contribution in [3.63, 3.8) is 0 Å². The fraction of sp³-hybridized carbons (Fsp3) is 0.588. The van der Waals surface area contributed by atoms with Crippen molar-refractivity contribution in [2.75, 3.05) is 32.7 Å². The van der Waals surface area contributed by atoms with Crippen molar-refractivity contribution < 1.29 is 4.79 Å². The first-order valence-corrected chi connectivity index (χ1v) is 8.49. The molecule has 120 valence electrons. The third kappa shape index (κ3) is 3.62. The molecule has 2 fully saturated rings. The van der Waals surface area contributed by atoms with Crippen LogP contribution in [0.1, 0.15) is 24.0 Å². The van der Waals surface area contributed by atoms with Gasteiger partial charge in [0.2, 0.25) is 5.91 Å². The Balaban J connectivity index is 1.62. The summed E-state index contributed by atoms with van der Waals surface area (Å²) in [7, 11) is 0. The Hall–Kier alpha value is -1.10. The van der Waals surface area contributed by atoms with Crippen LogP contribution in [0.2, 0.25) is 5.02 Å². The second-order valence-electron chi connectivity index (χ2n) is 6.38. The normalized spacial score (nSPS) is 23.8. The number of carbonyl (C=O) groups excluding carboxylic acids is 1. The molecule has 0 bridgehead atoms. The molecule has 0 aromatic heterocycles. The molecule has 0 radical (unpaired) electrons. The Morgan fingerprint density at radius 2 is 2.23 bits per heavy atom. The van der Waals surface area contributed by atoms with E-state index >= 15 is 0 Å². The van der Waals surface area contributed by atoms with Gasteiger partial charge >= 0.3 is 0 Å². The zero-order chi connectivity index (χ0) is 15.5. The standard InChI is InChI=1S/C17H24ClN3O/c1-13-4-5-14(9-16(13)18)11-20-7-2-3-15(12-20)21-8-6-19-10-17(21)22/h4-5,9,15,19H,2-3,6-8,10-12H2,1H3. The molecule has 2 aliphatic heterocycles. The molecule has 5 heteroatoms. The van der Waals surface area contributed by atoms with Gasteiger partial charge in [-0.2, -0.15) is 0 Å². The molecule has 2 saturated heterocycles. The summed E-state index contributed by atoms with van der Waals surface area (Å²) in [5.74, 6) is 0.247. The van der Waals surface area contributed by atoms with Crippen LogP contribution < -0.4 is 5.32 Å². The maximum absolute atomic E-state index is 12.1. The number of piperazine rings is 1. The fourth-order valence-corrected chi connectivity index (χ4v) is 3.63. The average Bonchev–Trinajstić information content (AvgIpc) is 2.52. The average molecular weight is 322 g/mol. The summed E-state index contributed by atoms with van der Waals surface area (Å²) in [4.78, 5) is 16.6. The van der Waals surface area contributed by atoms with Crippen molar-refractivity contribution >= 4 is 17.5 Å². The third-order valence-corrected chi connectivity index (χ3v) is 5.10. The molecule has 1 atom stereocenters. The number of carbonyl (C=O) groups is 1. The quantitative estimate of drug-likeness (QED) is 0.925. The molecule has 0 spiro atoms. The predicted octanol–water partition coefficient (Wildman–Crippen LogP) is 2.04. The van der Waals surface area contributed by atoms with E-state index in [1.807, 2.05) is 6.92 Å². The van der Waals surface area contributed by atoms with Crippen LogP contribution in [0.25, 0.3) is 0 Å². The van der Waals surface area contributed by atoms with Gasteiger partial charge in [0.05, 0.1) is 6.54 Å². The maximum atomic E-state index is 12.1. The molecule has 1 N–H and O–H groups in total. The highest BCUT2D eigenvalue weighted by Gasteiger charge is 2.29. The van der Waals surface area contributed by atoms with Gasteiger partial charge in [-0.3, -0.25) is 9.69 Å². The van der Waals surface area contributed by atoms with Gasteiger partial charge < -0.3 is 10.2 Å². The minimum absolute atomic E-state index is 0.247. The van der Waals surface area contributed by atoms with Gasteiger partial charge in [-0.25, -0.2) is 0 Å². The molecule has 2 heterocycles. The van der Waals surface area contributed by atoms with E-state index in [1.165, 1.54) is 5.56 Å². The maximum Gasteiger partial charge on any atom is 0.236 e. The number of nitrogens with zero attached hydrogens (tertiary/aromatic N) is 2. The zero-order valence-electron chi connectivity index (χ0n) is 13.1. The van der Waals surface area contributed by atoms with Crippen molar-refractivity contribution in [2.45, 2.75) is 32.4 Å². The van der Waals surface area contributed by atoms with E-state index in [4.69, 9.17) is 11.6 Å². The van der Waals surface area contributed by atoms with E-state index < -0.39 is 0 Å². The SMILES string of the molecule is Cc1ccc(CN2CCCC(N3CCNCC3=O)C2)cc1Cl. The summed E-state index contributed by atoms with van der Waals surface area (Å²) in [5.41, 5.74) is 2.37. The van der Waals surface area contributed by atoms with Crippen LogP contribution in [0.4, 0.5) is 0 Å². The Morgan fingerprint density at radius 1 is 1.36 bits per heavy atom. The Morgan fingerprint density at radius 3 is 3.00 bits per heavy atom. The molecular formula is C17H24ClN3O. The topological polar surface area (TPSA) is 35.6 Å². The number of nitrogens with one attached hydrogen (secondary N) is 1. The lowest BCUT2D eigenvalue weighted by Crippen LogP contribution is -2.56. The van der Waals surface area contributed by atoms with Gasteiger partial charge in [-0.05, 0) is 43.5 Å². The molecule has 1 aromatic rings. The van der Waals surface area contributed by atoms with Crippen LogP contribution in [0.5, 0.6) is 0 Å². The molecule has 1 unspecified atom stereocenters. The number of likely N-dealkylation sites (tertiary alicyclic amines) is 1. The van der Waals surface area contributed by atoms with Crippen molar-refractivity contribution in [3.8, 4) is 0 Å². The van der Waals surface area contributed by atoms with Crippen LogP contribution in [0, 0.1) is 6.92 Å². The van der Waals surface area contributed by atoms with Gasteiger partial charge in [-0.15, -0.1) is 0 Å². The van der Waals surface area contributed by atoms with Crippen LogP contribution in [0.3, 0.4) is 0 Å². The van der Waals surface area contributed by atoms with E-state index in [9.17, 15) is 4.79 Å². The van der Waals surface area contributed by atoms with Crippen molar-refractivity contribution in [3.05, 3.63) is 34.3 Å². The Bertz CT molecular complexity index is 549. The second-order valence-corrected chi connectivity index (χ2v) is 6.79. The summed E-state index contributed by atoms with van der Waals surface area (Å²) in [6, 6.07) is 6.67. The molecule has 1 amide bonds. The van der Waals surface area contributed by atoms with Gasteiger partial charge in [0, 0.05) is 37.2 Å². The van der Waals surface area contributed by atoms with Crippen molar-refractivity contribution in [2.24, 2.45) is 0 Å². The largest absolute Gasteiger partial charge is 0.336 e. The van der Waals surface area contributed by atoms with E-state index in [-0.39, 0.29) is 5.91 Å². The minimum atomic E-state index is 0.247. The highest BCUT2D eigenvalue weighted by atomic mass is 35.5. The first kappa shape index (κ1) is 15.8. The summed E-state index contributed by atoms with van der Waals surface area (Å²) in [6.07, 6.45) is 2.28. The summed E-state index contributed by atoms with van der Waals surface area (Å²) in [5, 5.41) is 3.98.